The first-order valence-electron chi connectivity index (χ1n) is 5.36. The zero-order chi connectivity index (χ0) is 12.6. The SMILES string of the molecule is COc1cccc2cc(C(C)(C)C(=O)O)[nH]c12. The lowest BCUT2D eigenvalue weighted by molar-refractivity contribution is -0.142. The largest absolute Gasteiger partial charge is 0.495 e. The minimum atomic E-state index is -0.940. The molecule has 0 aliphatic rings. The van der Waals surface area contributed by atoms with E-state index < -0.39 is 11.4 Å². The standard InChI is InChI=1S/C13H15NO3/c1-13(2,12(15)16)10-7-8-5-4-6-9(17-3)11(8)14-10/h4-7,14H,1-3H3,(H,15,16). The number of para-hydroxylation sites is 1. The Bertz CT molecular complexity index is 569. The van der Waals surface area contributed by atoms with Crippen molar-refractivity contribution < 1.29 is 14.6 Å². The molecule has 90 valence electrons. The van der Waals surface area contributed by atoms with Gasteiger partial charge in [0.2, 0.25) is 0 Å². The number of H-pyrrole nitrogens is 1. The van der Waals surface area contributed by atoms with Crippen LogP contribution in [0.1, 0.15) is 19.5 Å². The number of benzene rings is 1. The van der Waals surface area contributed by atoms with E-state index in [1.165, 1.54) is 0 Å². The molecule has 2 aromatic rings. The quantitative estimate of drug-likeness (QED) is 0.856. The molecule has 1 heterocycles. The Hall–Kier alpha value is -1.97. The van der Waals surface area contributed by atoms with Crippen LogP contribution in [0.25, 0.3) is 10.9 Å². The van der Waals surface area contributed by atoms with Crippen molar-refractivity contribution in [3.8, 4) is 5.75 Å². The molecule has 0 saturated carbocycles. The number of methoxy groups -OCH3 is 1. The summed E-state index contributed by atoms with van der Waals surface area (Å²) in [7, 11) is 1.59. The summed E-state index contributed by atoms with van der Waals surface area (Å²) in [6.45, 7) is 3.35. The number of aliphatic carboxylic acids is 1. The van der Waals surface area contributed by atoms with E-state index in [4.69, 9.17) is 4.74 Å². The summed E-state index contributed by atoms with van der Waals surface area (Å²) in [6, 6.07) is 7.50. The first kappa shape index (κ1) is 11.5. The zero-order valence-corrected chi connectivity index (χ0v) is 10.1. The van der Waals surface area contributed by atoms with E-state index in [9.17, 15) is 9.90 Å². The fourth-order valence-electron chi connectivity index (χ4n) is 1.75. The van der Waals surface area contributed by atoms with Gasteiger partial charge < -0.3 is 14.8 Å². The van der Waals surface area contributed by atoms with Crippen molar-refractivity contribution in [3.05, 3.63) is 30.0 Å². The van der Waals surface area contributed by atoms with Gasteiger partial charge in [-0.05, 0) is 26.0 Å². The highest BCUT2D eigenvalue weighted by molar-refractivity contribution is 5.89. The molecule has 0 fully saturated rings. The summed E-state index contributed by atoms with van der Waals surface area (Å²) in [5, 5.41) is 10.1. The second kappa shape index (κ2) is 3.80. The lowest BCUT2D eigenvalue weighted by Crippen LogP contribution is -2.28. The van der Waals surface area contributed by atoms with Crippen molar-refractivity contribution in [3.63, 3.8) is 0 Å². The molecular formula is C13H15NO3. The van der Waals surface area contributed by atoms with Crippen LogP contribution in [0, 0.1) is 0 Å². The van der Waals surface area contributed by atoms with Crippen LogP contribution in [0.15, 0.2) is 24.3 Å². The fourth-order valence-corrected chi connectivity index (χ4v) is 1.75. The monoisotopic (exact) mass is 233 g/mol. The Labute approximate surface area is 99.2 Å². The molecule has 4 nitrogen and oxygen atoms in total. The second-order valence-electron chi connectivity index (χ2n) is 4.54. The molecule has 0 aliphatic heterocycles. The van der Waals surface area contributed by atoms with Crippen molar-refractivity contribution in [2.75, 3.05) is 7.11 Å². The molecule has 0 unspecified atom stereocenters. The Morgan fingerprint density at radius 3 is 2.71 bits per heavy atom. The number of carboxylic acid groups (broad SMARTS) is 1. The first-order chi connectivity index (χ1) is 7.96. The van der Waals surface area contributed by atoms with Crippen molar-refractivity contribution in [2.24, 2.45) is 0 Å². The average Bonchev–Trinajstić information content (AvgIpc) is 2.72. The predicted octanol–water partition coefficient (Wildman–Crippen LogP) is 2.54. The summed E-state index contributed by atoms with van der Waals surface area (Å²) >= 11 is 0. The number of nitrogens with one attached hydrogen (secondary N) is 1. The molecule has 0 amide bonds. The maximum atomic E-state index is 11.2. The van der Waals surface area contributed by atoms with Gasteiger partial charge in [0.1, 0.15) is 11.2 Å². The van der Waals surface area contributed by atoms with E-state index in [-0.39, 0.29) is 0 Å². The van der Waals surface area contributed by atoms with Gasteiger partial charge in [-0.25, -0.2) is 0 Å². The third kappa shape index (κ3) is 1.75. The minimum absolute atomic E-state index is 0.671. The van der Waals surface area contributed by atoms with Gasteiger partial charge in [-0.1, -0.05) is 12.1 Å². The molecule has 1 aromatic carbocycles. The van der Waals surface area contributed by atoms with Crippen LogP contribution >= 0.6 is 0 Å². The number of aromatic nitrogens is 1. The van der Waals surface area contributed by atoms with Crippen LogP contribution in [0.3, 0.4) is 0 Å². The Kier molecular flexibility index (Phi) is 2.58. The molecule has 2 N–H and O–H groups in total. The van der Waals surface area contributed by atoms with Crippen LogP contribution < -0.4 is 4.74 Å². The Morgan fingerprint density at radius 1 is 1.41 bits per heavy atom. The first-order valence-corrected chi connectivity index (χ1v) is 5.36. The number of carbonyl (C=O) groups is 1. The molecule has 0 bridgehead atoms. The van der Waals surface area contributed by atoms with E-state index in [0.717, 1.165) is 16.7 Å². The van der Waals surface area contributed by atoms with Gasteiger partial charge in [0.05, 0.1) is 12.6 Å². The van der Waals surface area contributed by atoms with Crippen molar-refractivity contribution in [1.82, 2.24) is 4.98 Å². The van der Waals surface area contributed by atoms with Crippen LogP contribution in [0.2, 0.25) is 0 Å². The highest BCUT2D eigenvalue weighted by Gasteiger charge is 2.31. The summed E-state index contributed by atoms with van der Waals surface area (Å²) in [6.07, 6.45) is 0. The number of ether oxygens (including phenoxy) is 1. The lowest BCUT2D eigenvalue weighted by atomic mass is 9.90. The van der Waals surface area contributed by atoms with Gasteiger partial charge in [0.25, 0.3) is 0 Å². The molecular weight excluding hydrogens is 218 g/mol. The molecule has 17 heavy (non-hydrogen) atoms. The summed E-state index contributed by atoms with van der Waals surface area (Å²) in [5.41, 5.74) is 0.563. The molecule has 2 rings (SSSR count). The molecule has 4 heteroatoms. The number of hydrogen-bond donors (Lipinski definition) is 2. The van der Waals surface area contributed by atoms with Gasteiger partial charge in [0, 0.05) is 11.1 Å². The third-order valence-electron chi connectivity index (χ3n) is 3.05. The van der Waals surface area contributed by atoms with Gasteiger partial charge in [0.15, 0.2) is 0 Å². The van der Waals surface area contributed by atoms with Gasteiger partial charge in [-0.3, -0.25) is 4.79 Å². The zero-order valence-electron chi connectivity index (χ0n) is 10.1. The third-order valence-corrected chi connectivity index (χ3v) is 3.05. The second-order valence-corrected chi connectivity index (χ2v) is 4.54. The van der Waals surface area contributed by atoms with Crippen molar-refractivity contribution in [2.45, 2.75) is 19.3 Å². The number of fused-ring (bicyclic) bond motifs is 1. The summed E-state index contributed by atoms with van der Waals surface area (Å²) in [4.78, 5) is 14.3. The van der Waals surface area contributed by atoms with Crippen LogP contribution in [-0.4, -0.2) is 23.2 Å². The van der Waals surface area contributed by atoms with Gasteiger partial charge in [-0.15, -0.1) is 0 Å². The van der Waals surface area contributed by atoms with Crippen LogP contribution in [0.4, 0.5) is 0 Å². The molecule has 0 aliphatic carbocycles. The van der Waals surface area contributed by atoms with E-state index in [0.29, 0.717) is 5.69 Å². The van der Waals surface area contributed by atoms with Crippen molar-refractivity contribution >= 4 is 16.9 Å². The maximum absolute atomic E-state index is 11.2. The minimum Gasteiger partial charge on any atom is -0.495 e. The van der Waals surface area contributed by atoms with E-state index in [2.05, 4.69) is 4.98 Å². The molecule has 0 radical (unpaired) electrons. The fraction of sp³-hybridized carbons (Fsp3) is 0.308. The normalized spacial score (nSPS) is 11.7. The molecule has 0 spiro atoms. The van der Waals surface area contributed by atoms with E-state index in [1.807, 2.05) is 24.3 Å². The number of aromatic amines is 1. The Morgan fingerprint density at radius 2 is 2.12 bits per heavy atom. The highest BCUT2D eigenvalue weighted by atomic mass is 16.5. The molecule has 0 atom stereocenters. The topological polar surface area (TPSA) is 62.3 Å². The van der Waals surface area contributed by atoms with Crippen molar-refractivity contribution in [1.29, 1.82) is 0 Å². The number of carboxylic acids is 1. The highest BCUT2D eigenvalue weighted by Crippen LogP contribution is 2.30. The van der Waals surface area contributed by atoms with Crippen LogP contribution in [0.5, 0.6) is 5.75 Å². The maximum Gasteiger partial charge on any atom is 0.315 e. The van der Waals surface area contributed by atoms with E-state index >= 15 is 0 Å². The summed E-state index contributed by atoms with van der Waals surface area (Å²) in [5.74, 6) is -0.141. The predicted molar refractivity (Wildman–Crippen MR) is 65.5 cm³/mol. The van der Waals surface area contributed by atoms with E-state index in [1.54, 1.807) is 21.0 Å². The molecule has 1 aromatic heterocycles. The number of rotatable bonds is 3. The Balaban J connectivity index is 2.63. The average molecular weight is 233 g/mol. The van der Waals surface area contributed by atoms with Crippen LogP contribution in [-0.2, 0) is 10.2 Å². The summed E-state index contributed by atoms with van der Waals surface area (Å²) < 4.78 is 5.24. The lowest BCUT2D eigenvalue weighted by Gasteiger charge is -2.16. The van der Waals surface area contributed by atoms with Gasteiger partial charge in [-0.2, -0.15) is 0 Å². The van der Waals surface area contributed by atoms with Gasteiger partial charge >= 0.3 is 5.97 Å². The molecule has 0 saturated heterocycles. The number of hydrogen-bond acceptors (Lipinski definition) is 2. The smallest absolute Gasteiger partial charge is 0.315 e.